The number of rotatable bonds is 2. The first-order valence-corrected chi connectivity index (χ1v) is 5.63. The second-order valence-electron chi connectivity index (χ2n) is 3.18. The van der Waals surface area contributed by atoms with Gasteiger partial charge in [-0.3, -0.25) is 0 Å². The molecule has 1 aromatic heterocycles. The predicted molar refractivity (Wildman–Crippen MR) is 62.8 cm³/mol. The van der Waals surface area contributed by atoms with Gasteiger partial charge in [0.25, 0.3) is 9.68 Å². The fourth-order valence-corrected chi connectivity index (χ4v) is 1.45. The van der Waals surface area contributed by atoms with Crippen molar-refractivity contribution in [2.75, 3.05) is 0 Å². The quantitative estimate of drug-likeness (QED) is 0.789. The highest BCUT2D eigenvalue weighted by atomic mass is 35.6. The molecule has 16 heavy (non-hydrogen) atoms. The normalized spacial score (nSPS) is 11.7. The Balaban J connectivity index is 2.15. The Bertz CT molecular complexity index is 464. The zero-order valence-corrected chi connectivity index (χ0v) is 10.3. The lowest BCUT2D eigenvalue weighted by Gasteiger charge is -2.01. The van der Waals surface area contributed by atoms with Gasteiger partial charge in [-0.15, -0.1) is 0 Å². The van der Waals surface area contributed by atoms with Crippen LogP contribution in [0.2, 0.25) is 0 Å². The zero-order valence-electron chi connectivity index (χ0n) is 8.03. The van der Waals surface area contributed by atoms with Crippen molar-refractivity contribution in [2.45, 2.75) is 10.2 Å². The minimum atomic E-state index is -1.66. The molecule has 6 heteroatoms. The molecule has 2 aromatic rings. The molecule has 0 radical (unpaired) electrons. The van der Waals surface area contributed by atoms with E-state index in [-0.39, 0.29) is 5.89 Å². The Morgan fingerprint density at radius 1 is 1.12 bits per heavy atom. The monoisotopic (exact) mass is 276 g/mol. The van der Waals surface area contributed by atoms with Crippen LogP contribution in [0.1, 0.15) is 17.3 Å². The SMILES string of the molecule is ClC(Cl)(Cl)c1nc(Cc2ccccc2)no1. The molecular formula is C10H7Cl3N2O. The van der Waals surface area contributed by atoms with Gasteiger partial charge in [-0.25, -0.2) is 0 Å². The number of alkyl halides is 3. The first-order valence-electron chi connectivity index (χ1n) is 4.49. The van der Waals surface area contributed by atoms with Crippen molar-refractivity contribution < 1.29 is 4.52 Å². The zero-order chi connectivity index (χ0) is 11.6. The van der Waals surface area contributed by atoms with Crippen molar-refractivity contribution >= 4 is 34.8 Å². The van der Waals surface area contributed by atoms with Gasteiger partial charge in [-0.2, -0.15) is 4.98 Å². The maximum atomic E-state index is 5.61. The lowest BCUT2D eigenvalue weighted by atomic mass is 10.1. The summed E-state index contributed by atoms with van der Waals surface area (Å²) in [6.45, 7) is 0. The number of hydrogen-bond acceptors (Lipinski definition) is 3. The molecule has 1 heterocycles. The van der Waals surface area contributed by atoms with Crippen molar-refractivity contribution in [1.82, 2.24) is 10.1 Å². The first kappa shape index (κ1) is 11.7. The van der Waals surface area contributed by atoms with Gasteiger partial charge in [0.2, 0.25) is 0 Å². The molecule has 0 amide bonds. The summed E-state index contributed by atoms with van der Waals surface area (Å²) in [4.78, 5) is 4.00. The van der Waals surface area contributed by atoms with Crippen molar-refractivity contribution in [3.8, 4) is 0 Å². The van der Waals surface area contributed by atoms with Crippen LogP contribution in [-0.2, 0) is 10.2 Å². The molecule has 84 valence electrons. The Morgan fingerprint density at radius 3 is 2.38 bits per heavy atom. The van der Waals surface area contributed by atoms with E-state index in [1.54, 1.807) is 0 Å². The van der Waals surface area contributed by atoms with Crippen molar-refractivity contribution in [3.05, 3.63) is 47.6 Å². The molecule has 0 aliphatic carbocycles. The Morgan fingerprint density at radius 2 is 1.81 bits per heavy atom. The van der Waals surface area contributed by atoms with Crippen LogP contribution in [0.25, 0.3) is 0 Å². The first-order chi connectivity index (χ1) is 7.55. The average molecular weight is 278 g/mol. The number of hydrogen-bond donors (Lipinski definition) is 0. The Kier molecular flexibility index (Phi) is 3.38. The molecule has 0 spiro atoms. The molecule has 0 unspecified atom stereocenters. The second kappa shape index (κ2) is 4.62. The van der Waals surface area contributed by atoms with E-state index < -0.39 is 3.79 Å². The van der Waals surface area contributed by atoms with Gasteiger partial charge < -0.3 is 4.52 Å². The minimum absolute atomic E-state index is 0.0107. The van der Waals surface area contributed by atoms with Gasteiger partial charge in [-0.05, 0) is 5.56 Å². The molecule has 0 atom stereocenters. The van der Waals surface area contributed by atoms with Crippen molar-refractivity contribution in [1.29, 1.82) is 0 Å². The standard InChI is InChI=1S/C10H7Cl3N2O/c11-10(12,13)9-14-8(15-16-9)6-7-4-2-1-3-5-7/h1-5H,6H2. The average Bonchev–Trinajstić information content (AvgIpc) is 2.67. The van der Waals surface area contributed by atoms with E-state index in [0.717, 1.165) is 5.56 Å². The predicted octanol–water partition coefficient (Wildman–Crippen LogP) is 3.49. The Labute approximate surface area is 107 Å². The van der Waals surface area contributed by atoms with E-state index in [9.17, 15) is 0 Å². The molecule has 0 aliphatic rings. The van der Waals surface area contributed by atoms with Gasteiger partial charge >= 0.3 is 0 Å². The highest BCUT2D eigenvalue weighted by Gasteiger charge is 2.30. The molecule has 0 aliphatic heterocycles. The molecule has 0 saturated carbocycles. The van der Waals surface area contributed by atoms with Crippen LogP contribution in [0, 0.1) is 0 Å². The van der Waals surface area contributed by atoms with E-state index in [2.05, 4.69) is 10.1 Å². The fourth-order valence-electron chi connectivity index (χ4n) is 1.22. The lowest BCUT2D eigenvalue weighted by Crippen LogP contribution is -2.00. The third-order valence-corrected chi connectivity index (χ3v) is 2.40. The van der Waals surface area contributed by atoms with Gasteiger partial charge in [-0.1, -0.05) is 70.3 Å². The van der Waals surface area contributed by atoms with Gasteiger partial charge in [0.05, 0.1) is 0 Å². The summed E-state index contributed by atoms with van der Waals surface area (Å²) in [5.41, 5.74) is 1.07. The highest BCUT2D eigenvalue weighted by molar-refractivity contribution is 6.66. The molecule has 3 nitrogen and oxygen atoms in total. The topological polar surface area (TPSA) is 38.9 Å². The van der Waals surface area contributed by atoms with Gasteiger partial charge in [0, 0.05) is 6.42 Å². The van der Waals surface area contributed by atoms with Gasteiger partial charge in [0.15, 0.2) is 5.82 Å². The summed E-state index contributed by atoms with van der Waals surface area (Å²) in [5, 5.41) is 3.74. The molecule has 0 fully saturated rings. The van der Waals surface area contributed by atoms with E-state index in [1.165, 1.54) is 0 Å². The minimum Gasteiger partial charge on any atom is -0.335 e. The smallest absolute Gasteiger partial charge is 0.278 e. The molecule has 0 N–H and O–H groups in total. The lowest BCUT2D eigenvalue weighted by molar-refractivity contribution is 0.377. The highest BCUT2D eigenvalue weighted by Crippen LogP contribution is 2.36. The molecule has 1 aromatic carbocycles. The van der Waals surface area contributed by atoms with E-state index in [0.29, 0.717) is 12.2 Å². The van der Waals surface area contributed by atoms with Crippen LogP contribution in [0.3, 0.4) is 0 Å². The number of nitrogens with zero attached hydrogens (tertiary/aromatic N) is 2. The van der Waals surface area contributed by atoms with Crippen LogP contribution < -0.4 is 0 Å². The molecule has 0 saturated heterocycles. The molecule has 0 bridgehead atoms. The van der Waals surface area contributed by atoms with Crippen molar-refractivity contribution in [3.63, 3.8) is 0 Å². The third kappa shape index (κ3) is 2.88. The molecular weight excluding hydrogens is 270 g/mol. The Hall–Kier alpha value is -0.770. The summed E-state index contributed by atoms with van der Waals surface area (Å²) >= 11 is 16.8. The van der Waals surface area contributed by atoms with Crippen molar-refractivity contribution in [2.24, 2.45) is 0 Å². The third-order valence-electron chi connectivity index (χ3n) is 1.92. The van der Waals surface area contributed by atoms with E-state index in [4.69, 9.17) is 39.3 Å². The number of halogens is 3. The summed E-state index contributed by atoms with van der Waals surface area (Å²) < 4.78 is 3.18. The largest absolute Gasteiger partial charge is 0.335 e. The van der Waals surface area contributed by atoms with Crippen LogP contribution in [-0.4, -0.2) is 10.1 Å². The van der Waals surface area contributed by atoms with Crippen LogP contribution >= 0.6 is 34.8 Å². The summed E-state index contributed by atoms with van der Waals surface area (Å²) in [6, 6.07) is 9.74. The maximum absolute atomic E-state index is 5.61. The summed E-state index contributed by atoms with van der Waals surface area (Å²) in [5.74, 6) is 0.482. The van der Waals surface area contributed by atoms with E-state index >= 15 is 0 Å². The fraction of sp³-hybridized carbons (Fsp3) is 0.200. The second-order valence-corrected chi connectivity index (χ2v) is 5.46. The van der Waals surface area contributed by atoms with Crippen LogP contribution in [0.5, 0.6) is 0 Å². The summed E-state index contributed by atoms with van der Waals surface area (Å²) in [6.07, 6.45) is 0.547. The van der Waals surface area contributed by atoms with Crippen LogP contribution in [0.4, 0.5) is 0 Å². The maximum Gasteiger partial charge on any atom is 0.278 e. The summed E-state index contributed by atoms with van der Waals surface area (Å²) in [7, 11) is 0. The van der Waals surface area contributed by atoms with Crippen LogP contribution in [0.15, 0.2) is 34.9 Å². The molecule has 2 rings (SSSR count). The number of benzene rings is 1. The van der Waals surface area contributed by atoms with E-state index in [1.807, 2.05) is 30.3 Å². The van der Waals surface area contributed by atoms with Gasteiger partial charge in [0.1, 0.15) is 0 Å². The number of aromatic nitrogens is 2.